The van der Waals surface area contributed by atoms with Crippen molar-refractivity contribution in [2.75, 3.05) is 0 Å². The van der Waals surface area contributed by atoms with Crippen LogP contribution in [0.1, 0.15) is 49.0 Å². The second kappa shape index (κ2) is 10.1. The maximum Gasteiger partial charge on any atom is 0.269 e. The maximum atomic E-state index is 13.5. The van der Waals surface area contributed by atoms with Gasteiger partial charge in [0.15, 0.2) is 5.17 Å². The molecule has 0 radical (unpaired) electrons. The second-order valence-electron chi connectivity index (χ2n) is 9.27. The van der Waals surface area contributed by atoms with Crippen molar-refractivity contribution in [2.24, 2.45) is 4.99 Å². The number of aliphatic imine (C=N–C) groups is 1. The lowest BCUT2D eigenvalue weighted by molar-refractivity contribution is -0.384. The van der Waals surface area contributed by atoms with Gasteiger partial charge in [0, 0.05) is 29.8 Å². The van der Waals surface area contributed by atoms with Crippen LogP contribution in [-0.2, 0) is 4.79 Å². The molecular formula is C28H27N3O4S. The van der Waals surface area contributed by atoms with Crippen molar-refractivity contribution in [3.8, 4) is 11.3 Å². The molecule has 2 fully saturated rings. The summed E-state index contributed by atoms with van der Waals surface area (Å²) in [4.78, 5) is 31.5. The SMILES string of the molecule is Cc1ccc(N=C2S/C(=C/c3ccc(-c4ccc([N+](=O)[O-])cc4C)o3)C(=O)N2C2CCCCC2)cc1. The number of benzene rings is 2. The Kier molecular flexibility index (Phi) is 6.78. The van der Waals surface area contributed by atoms with Gasteiger partial charge >= 0.3 is 0 Å². The van der Waals surface area contributed by atoms with Crippen LogP contribution in [0.4, 0.5) is 11.4 Å². The summed E-state index contributed by atoms with van der Waals surface area (Å²) < 4.78 is 6.04. The lowest BCUT2D eigenvalue weighted by Gasteiger charge is -2.30. The van der Waals surface area contributed by atoms with E-state index in [0.717, 1.165) is 48.1 Å². The first kappa shape index (κ1) is 24.1. The first-order valence-electron chi connectivity index (χ1n) is 12.1. The van der Waals surface area contributed by atoms with Crippen LogP contribution in [0.3, 0.4) is 0 Å². The van der Waals surface area contributed by atoms with Gasteiger partial charge in [0.2, 0.25) is 0 Å². The van der Waals surface area contributed by atoms with E-state index < -0.39 is 4.92 Å². The maximum absolute atomic E-state index is 13.5. The number of carbonyl (C=O) groups excluding carboxylic acids is 1. The number of rotatable bonds is 5. The van der Waals surface area contributed by atoms with Gasteiger partial charge in [0.05, 0.1) is 15.5 Å². The number of aryl methyl sites for hydroxylation is 2. The zero-order valence-electron chi connectivity index (χ0n) is 20.3. The van der Waals surface area contributed by atoms with Crippen LogP contribution < -0.4 is 0 Å². The Bertz CT molecular complexity index is 1370. The molecule has 1 aliphatic carbocycles. The Morgan fingerprint density at radius 3 is 2.50 bits per heavy atom. The van der Waals surface area contributed by atoms with Gasteiger partial charge in [0.25, 0.3) is 11.6 Å². The Balaban J connectivity index is 1.45. The fourth-order valence-corrected chi connectivity index (χ4v) is 5.74. The van der Waals surface area contributed by atoms with Crippen molar-refractivity contribution in [1.29, 1.82) is 0 Å². The molecule has 1 saturated heterocycles. The third kappa shape index (κ3) is 4.99. The number of nitro benzene ring substituents is 1. The molecule has 36 heavy (non-hydrogen) atoms. The predicted octanol–water partition coefficient (Wildman–Crippen LogP) is 7.41. The molecule has 1 aromatic heterocycles. The standard InChI is InChI=1S/C28H27N3O4S/c1-18-8-10-20(11-9-18)29-28-30(21-6-4-3-5-7-21)27(32)26(36-28)17-23-13-15-25(35-23)24-14-12-22(31(33)34)16-19(24)2/h8-17,21H,3-7H2,1-2H3/b26-17+,29-28?. The lowest BCUT2D eigenvalue weighted by Crippen LogP contribution is -2.40. The number of furan rings is 1. The molecule has 1 amide bonds. The number of hydrogen-bond acceptors (Lipinski definition) is 6. The van der Waals surface area contributed by atoms with Crippen LogP contribution in [-0.4, -0.2) is 26.9 Å². The van der Waals surface area contributed by atoms with E-state index in [-0.39, 0.29) is 17.6 Å². The molecule has 2 aromatic carbocycles. The van der Waals surface area contributed by atoms with E-state index in [4.69, 9.17) is 9.41 Å². The molecule has 184 valence electrons. The molecule has 0 spiro atoms. The average Bonchev–Trinajstić information content (AvgIpc) is 3.45. The van der Waals surface area contributed by atoms with Gasteiger partial charge in [-0.15, -0.1) is 0 Å². The molecule has 2 heterocycles. The van der Waals surface area contributed by atoms with Crippen molar-refractivity contribution in [3.05, 3.63) is 86.5 Å². The third-order valence-corrected chi connectivity index (χ3v) is 7.60. The molecular weight excluding hydrogens is 474 g/mol. The van der Waals surface area contributed by atoms with Gasteiger partial charge < -0.3 is 4.42 Å². The summed E-state index contributed by atoms with van der Waals surface area (Å²) >= 11 is 1.38. The van der Waals surface area contributed by atoms with E-state index in [9.17, 15) is 14.9 Å². The van der Waals surface area contributed by atoms with Crippen molar-refractivity contribution in [1.82, 2.24) is 4.90 Å². The van der Waals surface area contributed by atoms with E-state index in [0.29, 0.717) is 21.6 Å². The highest BCUT2D eigenvalue weighted by Gasteiger charge is 2.38. The molecule has 0 N–H and O–H groups in total. The Morgan fingerprint density at radius 1 is 1.06 bits per heavy atom. The van der Waals surface area contributed by atoms with Crippen LogP contribution >= 0.6 is 11.8 Å². The van der Waals surface area contributed by atoms with Gasteiger partial charge in [0.1, 0.15) is 11.5 Å². The zero-order chi connectivity index (χ0) is 25.2. The van der Waals surface area contributed by atoms with Crippen LogP contribution in [0.5, 0.6) is 0 Å². The van der Waals surface area contributed by atoms with Gasteiger partial charge in [-0.1, -0.05) is 37.0 Å². The normalized spacial score (nSPS) is 18.9. The summed E-state index contributed by atoms with van der Waals surface area (Å²) in [5.74, 6) is 1.11. The van der Waals surface area contributed by atoms with Crippen molar-refractivity contribution in [3.63, 3.8) is 0 Å². The van der Waals surface area contributed by atoms with Crippen molar-refractivity contribution < 1.29 is 14.1 Å². The number of hydrogen-bond donors (Lipinski definition) is 0. The first-order chi connectivity index (χ1) is 17.4. The topological polar surface area (TPSA) is 89.0 Å². The fourth-order valence-electron chi connectivity index (χ4n) is 4.70. The van der Waals surface area contributed by atoms with Gasteiger partial charge in [-0.05, 0) is 74.3 Å². The number of carbonyl (C=O) groups is 1. The Labute approximate surface area is 214 Å². The van der Waals surface area contributed by atoms with E-state index in [1.54, 1.807) is 12.1 Å². The average molecular weight is 502 g/mol. The molecule has 2 aliphatic rings. The largest absolute Gasteiger partial charge is 0.457 e. The number of nitro groups is 1. The van der Waals surface area contributed by atoms with Gasteiger partial charge in [-0.25, -0.2) is 4.99 Å². The molecule has 3 aromatic rings. The summed E-state index contributed by atoms with van der Waals surface area (Å²) in [7, 11) is 0. The van der Waals surface area contributed by atoms with E-state index in [1.165, 1.54) is 30.3 Å². The number of amides is 1. The molecule has 1 aliphatic heterocycles. The summed E-state index contributed by atoms with van der Waals surface area (Å²) in [5, 5.41) is 11.8. The molecule has 0 atom stereocenters. The minimum absolute atomic E-state index is 0.0396. The molecule has 5 rings (SSSR count). The number of thioether (sulfide) groups is 1. The van der Waals surface area contributed by atoms with Gasteiger partial charge in [-0.3, -0.25) is 19.8 Å². The van der Waals surface area contributed by atoms with Crippen LogP contribution in [0.25, 0.3) is 17.4 Å². The van der Waals surface area contributed by atoms with Crippen LogP contribution in [0, 0.1) is 24.0 Å². The highest BCUT2D eigenvalue weighted by Crippen LogP contribution is 2.39. The summed E-state index contributed by atoms with van der Waals surface area (Å²) in [6.07, 6.45) is 7.17. The van der Waals surface area contributed by atoms with E-state index >= 15 is 0 Å². The predicted molar refractivity (Wildman–Crippen MR) is 143 cm³/mol. The fraction of sp³-hybridized carbons (Fsp3) is 0.286. The third-order valence-electron chi connectivity index (χ3n) is 6.62. The molecule has 1 saturated carbocycles. The molecule has 7 nitrogen and oxygen atoms in total. The summed E-state index contributed by atoms with van der Waals surface area (Å²) in [6.45, 7) is 3.85. The molecule has 0 unspecified atom stereocenters. The zero-order valence-corrected chi connectivity index (χ0v) is 21.1. The summed E-state index contributed by atoms with van der Waals surface area (Å²) in [5.41, 5.74) is 3.56. The Hall–Kier alpha value is -3.65. The quantitative estimate of drug-likeness (QED) is 0.206. The number of amidine groups is 1. The highest BCUT2D eigenvalue weighted by atomic mass is 32.2. The van der Waals surface area contributed by atoms with E-state index in [1.807, 2.05) is 55.1 Å². The van der Waals surface area contributed by atoms with Crippen LogP contribution in [0.2, 0.25) is 0 Å². The smallest absolute Gasteiger partial charge is 0.269 e. The van der Waals surface area contributed by atoms with Crippen molar-refractivity contribution >= 4 is 40.3 Å². The van der Waals surface area contributed by atoms with Gasteiger partial charge in [-0.2, -0.15) is 0 Å². The minimum atomic E-state index is -0.411. The van der Waals surface area contributed by atoms with E-state index in [2.05, 4.69) is 0 Å². The summed E-state index contributed by atoms with van der Waals surface area (Å²) in [6, 6.07) is 16.5. The minimum Gasteiger partial charge on any atom is -0.457 e. The molecule has 8 heteroatoms. The highest BCUT2D eigenvalue weighted by molar-refractivity contribution is 8.18. The van der Waals surface area contributed by atoms with Crippen molar-refractivity contribution in [2.45, 2.75) is 52.0 Å². The first-order valence-corrected chi connectivity index (χ1v) is 12.9. The number of nitrogens with zero attached hydrogens (tertiary/aromatic N) is 3. The lowest BCUT2D eigenvalue weighted by atomic mass is 9.94. The Morgan fingerprint density at radius 2 is 1.81 bits per heavy atom. The second-order valence-corrected chi connectivity index (χ2v) is 10.3. The molecule has 0 bridgehead atoms. The van der Waals surface area contributed by atoms with Crippen LogP contribution in [0.15, 0.2) is 68.9 Å². The monoisotopic (exact) mass is 501 g/mol. The number of non-ortho nitro benzene ring substituents is 1.